The van der Waals surface area contributed by atoms with E-state index in [4.69, 9.17) is 9.26 Å². The van der Waals surface area contributed by atoms with Crippen molar-refractivity contribution in [1.82, 2.24) is 24.6 Å². The molecule has 1 aliphatic heterocycles. The highest BCUT2D eigenvalue weighted by atomic mass is 16.6. The number of carbonyl (C=O) groups excluding carboxylic acids is 1. The third-order valence-corrected chi connectivity index (χ3v) is 6.09. The van der Waals surface area contributed by atoms with Crippen molar-refractivity contribution in [2.45, 2.75) is 33.4 Å². The second-order valence-corrected chi connectivity index (χ2v) is 8.35. The molecule has 0 bridgehead atoms. The first kappa shape index (κ1) is 22.6. The predicted octanol–water partition coefficient (Wildman–Crippen LogP) is 3.38. The van der Waals surface area contributed by atoms with E-state index in [9.17, 15) is 9.59 Å². The number of fused-ring (bicyclic) bond motifs is 2. The van der Waals surface area contributed by atoms with Crippen LogP contribution in [0.15, 0.2) is 52.0 Å². The molecule has 0 aliphatic carbocycles. The highest BCUT2D eigenvalue weighted by Gasteiger charge is 2.24. The number of aromatic nitrogens is 4. The summed E-state index contributed by atoms with van der Waals surface area (Å²) in [4.78, 5) is 35.6. The summed E-state index contributed by atoms with van der Waals surface area (Å²) < 4.78 is 11.9. The van der Waals surface area contributed by atoms with Gasteiger partial charge in [-0.15, -0.1) is 0 Å². The van der Waals surface area contributed by atoms with E-state index in [2.05, 4.69) is 20.4 Å². The van der Waals surface area contributed by atoms with E-state index >= 15 is 0 Å². The average Bonchev–Trinajstić information content (AvgIpc) is 3.31. The van der Waals surface area contributed by atoms with Crippen LogP contribution in [0.2, 0.25) is 0 Å². The van der Waals surface area contributed by atoms with Crippen LogP contribution in [0.3, 0.4) is 0 Å². The number of aryl methyl sites for hydroxylation is 1. The van der Waals surface area contributed by atoms with Crippen LogP contribution in [0, 0.1) is 6.92 Å². The topological polar surface area (TPSA) is 115 Å². The van der Waals surface area contributed by atoms with E-state index in [0.29, 0.717) is 55.8 Å². The largest absolute Gasteiger partial charge is 0.450 e. The molecule has 1 N–H and O–H groups in total. The zero-order valence-corrected chi connectivity index (χ0v) is 19.7. The number of benzene rings is 1. The van der Waals surface area contributed by atoms with Crippen molar-refractivity contribution in [2.24, 2.45) is 0 Å². The van der Waals surface area contributed by atoms with Gasteiger partial charge in [0.25, 0.3) is 5.56 Å². The van der Waals surface area contributed by atoms with Gasteiger partial charge in [-0.1, -0.05) is 17.3 Å². The lowest BCUT2D eigenvalue weighted by Crippen LogP contribution is -2.40. The van der Waals surface area contributed by atoms with Crippen molar-refractivity contribution in [2.75, 3.05) is 25.0 Å². The number of rotatable bonds is 6. The van der Waals surface area contributed by atoms with E-state index in [1.807, 2.05) is 36.5 Å². The molecule has 180 valence electrons. The molecule has 10 heteroatoms. The zero-order chi connectivity index (χ0) is 24.4. The molecule has 0 fully saturated rings. The Bertz CT molecular complexity index is 1440. The van der Waals surface area contributed by atoms with Crippen molar-refractivity contribution >= 4 is 22.7 Å². The Balaban J connectivity index is 1.32. The Kier molecular flexibility index (Phi) is 6.17. The van der Waals surface area contributed by atoms with Crippen LogP contribution >= 0.6 is 0 Å². The molecule has 1 aliphatic rings. The molecule has 4 aromatic rings. The first-order valence-corrected chi connectivity index (χ1v) is 11.6. The summed E-state index contributed by atoms with van der Waals surface area (Å²) in [6.45, 7) is 5.60. The summed E-state index contributed by atoms with van der Waals surface area (Å²) >= 11 is 0. The molecule has 0 radical (unpaired) electrons. The zero-order valence-electron chi connectivity index (χ0n) is 19.7. The number of amides is 1. The molecule has 0 unspecified atom stereocenters. The minimum atomic E-state index is -0.382. The number of carbonyl (C=O) groups is 1. The summed E-state index contributed by atoms with van der Waals surface area (Å²) in [5.41, 5.74) is 2.39. The maximum absolute atomic E-state index is 13.1. The van der Waals surface area contributed by atoms with Gasteiger partial charge in [0.05, 0.1) is 13.2 Å². The van der Waals surface area contributed by atoms with Crippen LogP contribution in [0.4, 0.5) is 10.6 Å². The molecule has 0 atom stereocenters. The molecule has 0 saturated heterocycles. The van der Waals surface area contributed by atoms with Crippen molar-refractivity contribution in [3.8, 4) is 11.4 Å². The molecule has 0 spiro atoms. The van der Waals surface area contributed by atoms with Crippen molar-refractivity contribution in [1.29, 1.82) is 0 Å². The van der Waals surface area contributed by atoms with Crippen molar-refractivity contribution in [3.63, 3.8) is 0 Å². The summed E-state index contributed by atoms with van der Waals surface area (Å²) in [5, 5.41) is 9.30. The minimum absolute atomic E-state index is 0.0843. The lowest BCUT2D eigenvalue weighted by Gasteiger charge is -2.28. The van der Waals surface area contributed by atoms with Crippen molar-refractivity contribution < 1.29 is 14.1 Å². The van der Waals surface area contributed by atoms with E-state index in [0.717, 1.165) is 21.9 Å². The third-order valence-electron chi connectivity index (χ3n) is 6.09. The first-order valence-electron chi connectivity index (χ1n) is 11.6. The summed E-state index contributed by atoms with van der Waals surface area (Å²) in [6, 6.07) is 9.82. The maximum Gasteiger partial charge on any atom is 0.410 e. The van der Waals surface area contributed by atoms with Gasteiger partial charge in [-0.25, -0.2) is 9.78 Å². The van der Waals surface area contributed by atoms with Crippen LogP contribution in [0.5, 0.6) is 0 Å². The number of hydrogen-bond acceptors (Lipinski definition) is 8. The fraction of sp³-hybridized carbons (Fsp3) is 0.320. The Morgan fingerprint density at radius 2 is 2.14 bits per heavy atom. The predicted molar refractivity (Wildman–Crippen MR) is 130 cm³/mol. The van der Waals surface area contributed by atoms with E-state index in [-0.39, 0.29) is 18.2 Å². The molecule has 35 heavy (non-hydrogen) atoms. The number of ether oxygens (including phenoxy) is 1. The summed E-state index contributed by atoms with van der Waals surface area (Å²) in [6.07, 6.45) is 3.82. The number of anilines is 1. The van der Waals surface area contributed by atoms with Gasteiger partial charge in [-0.3, -0.25) is 4.79 Å². The van der Waals surface area contributed by atoms with Gasteiger partial charge >= 0.3 is 6.09 Å². The molecule has 1 amide bonds. The number of pyridine rings is 2. The smallest absolute Gasteiger partial charge is 0.410 e. The van der Waals surface area contributed by atoms with Crippen LogP contribution < -0.4 is 10.9 Å². The summed E-state index contributed by atoms with van der Waals surface area (Å²) in [7, 11) is 0. The van der Waals surface area contributed by atoms with Crippen LogP contribution in [-0.4, -0.2) is 50.4 Å². The SMILES string of the molecule is CCOC(=O)N1CCc2ccn(CCNc3nccc4ccc(-c5noc(C)n5)cc34)c(=O)c2C1. The Hall–Kier alpha value is -4.21. The van der Waals surface area contributed by atoms with Crippen LogP contribution in [0.1, 0.15) is 23.9 Å². The molecule has 10 nitrogen and oxygen atoms in total. The van der Waals surface area contributed by atoms with E-state index in [1.165, 1.54) is 0 Å². The first-order chi connectivity index (χ1) is 17.0. The number of nitrogens with zero attached hydrogens (tertiary/aromatic N) is 5. The quantitative estimate of drug-likeness (QED) is 0.452. The Morgan fingerprint density at radius 1 is 1.26 bits per heavy atom. The van der Waals surface area contributed by atoms with Crippen LogP contribution in [0.25, 0.3) is 22.2 Å². The monoisotopic (exact) mass is 474 g/mol. The minimum Gasteiger partial charge on any atom is -0.450 e. The highest BCUT2D eigenvalue weighted by Crippen LogP contribution is 2.26. The lowest BCUT2D eigenvalue weighted by atomic mass is 10.0. The summed E-state index contributed by atoms with van der Waals surface area (Å²) in [5.74, 6) is 1.74. The molecule has 1 aromatic carbocycles. The second-order valence-electron chi connectivity index (χ2n) is 8.35. The Labute approximate surface area is 201 Å². The highest BCUT2D eigenvalue weighted by molar-refractivity contribution is 5.94. The molecule has 5 rings (SSSR count). The number of hydrogen-bond donors (Lipinski definition) is 1. The average molecular weight is 475 g/mol. The molecular weight excluding hydrogens is 448 g/mol. The Morgan fingerprint density at radius 3 is 2.94 bits per heavy atom. The van der Waals surface area contributed by atoms with Gasteiger partial charge in [-0.2, -0.15) is 4.98 Å². The fourth-order valence-electron chi connectivity index (χ4n) is 4.29. The van der Waals surface area contributed by atoms with Gasteiger partial charge < -0.3 is 24.0 Å². The van der Waals surface area contributed by atoms with Gasteiger partial charge in [0, 0.05) is 55.5 Å². The standard InChI is InChI=1S/C25H26N6O4/c1-3-34-25(33)31-12-8-18-7-11-30(24(32)21(18)15-31)13-10-27-23-20-14-19(22-28-16(2)35-29-22)5-4-17(20)6-9-26-23/h4-7,9,11,14H,3,8,10,12-13,15H2,1-2H3,(H,26,27). The lowest BCUT2D eigenvalue weighted by molar-refractivity contribution is 0.102. The van der Waals surface area contributed by atoms with Gasteiger partial charge in [0.2, 0.25) is 11.7 Å². The van der Waals surface area contributed by atoms with Crippen LogP contribution in [-0.2, 0) is 24.2 Å². The van der Waals surface area contributed by atoms with Gasteiger partial charge in [0.1, 0.15) is 5.82 Å². The second kappa shape index (κ2) is 9.57. The molecular formula is C25H26N6O4. The van der Waals surface area contributed by atoms with E-state index in [1.54, 1.807) is 29.5 Å². The molecule has 3 aromatic heterocycles. The van der Waals surface area contributed by atoms with Crippen molar-refractivity contribution in [3.05, 3.63) is 70.1 Å². The normalized spacial score (nSPS) is 13.0. The molecule has 0 saturated carbocycles. The van der Waals surface area contributed by atoms with Gasteiger partial charge in [0.15, 0.2) is 0 Å². The molecule has 4 heterocycles. The van der Waals surface area contributed by atoms with E-state index < -0.39 is 0 Å². The third kappa shape index (κ3) is 4.59. The maximum atomic E-state index is 13.1. The fourth-order valence-corrected chi connectivity index (χ4v) is 4.29. The van der Waals surface area contributed by atoms with Gasteiger partial charge in [-0.05, 0) is 42.5 Å². The number of nitrogens with one attached hydrogen (secondary N) is 1.